The van der Waals surface area contributed by atoms with Crippen LogP contribution in [0.5, 0.6) is 0 Å². The minimum atomic E-state index is -4.60. The van der Waals surface area contributed by atoms with Crippen molar-refractivity contribution in [2.24, 2.45) is 0 Å². The van der Waals surface area contributed by atoms with E-state index in [0.29, 0.717) is 0 Å². The van der Waals surface area contributed by atoms with Gasteiger partial charge in [-0.25, -0.2) is 4.98 Å². The Hall–Kier alpha value is -2.84. The van der Waals surface area contributed by atoms with Gasteiger partial charge < -0.3 is 11.1 Å². The summed E-state index contributed by atoms with van der Waals surface area (Å²) in [5, 5.41) is 13.2. The number of rotatable bonds is 3. The monoisotopic (exact) mass is 298 g/mol. The molecule has 3 N–H and O–H groups in total. The summed E-state index contributed by atoms with van der Waals surface area (Å²) in [4.78, 5) is 13.8. The topological polar surface area (TPSA) is 94.1 Å². The Morgan fingerprint density at radius 2 is 1.86 bits per heavy atom. The summed E-state index contributed by atoms with van der Waals surface area (Å²) in [6.45, 7) is 0. The largest absolute Gasteiger partial charge is 0.418 e. The van der Waals surface area contributed by atoms with Gasteiger partial charge in [0.05, 0.1) is 16.2 Å². The number of para-hydroxylation sites is 1. The fourth-order valence-corrected chi connectivity index (χ4v) is 1.67. The van der Waals surface area contributed by atoms with Crippen LogP contribution in [0.1, 0.15) is 5.56 Å². The van der Waals surface area contributed by atoms with E-state index in [2.05, 4.69) is 10.3 Å². The molecule has 0 aliphatic heterocycles. The molecule has 0 amide bonds. The SMILES string of the molecule is Nc1ccc([N+](=O)[O-])c(Nc2ccccc2C(F)(F)F)n1. The predicted molar refractivity (Wildman–Crippen MR) is 70.0 cm³/mol. The fourth-order valence-electron chi connectivity index (χ4n) is 1.67. The van der Waals surface area contributed by atoms with Crippen LogP contribution in [-0.2, 0) is 6.18 Å². The van der Waals surface area contributed by atoms with Gasteiger partial charge in [-0.15, -0.1) is 0 Å². The first-order valence-electron chi connectivity index (χ1n) is 5.63. The highest BCUT2D eigenvalue weighted by Gasteiger charge is 2.33. The van der Waals surface area contributed by atoms with Gasteiger partial charge in [0.1, 0.15) is 5.82 Å². The number of nitrogens with zero attached hydrogens (tertiary/aromatic N) is 2. The molecular formula is C12H9F3N4O2. The molecule has 9 heteroatoms. The van der Waals surface area contributed by atoms with Crippen LogP contribution in [0, 0.1) is 10.1 Å². The van der Waals surface area contributed by atoms with Gasteiger partial charge in [-0.2, -0.15) is 13.2 Å². The van der Waals surface area contributed by atoms with E-state index < -0.39 is 22.4 Å². The van der Waals surface area contributed by atoms with Crippen LogP contribution in [0.15, 0.2) is 36.4 Å². The maximum absolute atomic E-state index is 12.9. The van der Waals surface area contributed by atoms with Crippen molar-refractivity contribution in [2.75, 3.05) is 11.1 Å². The summed E-state index contributed by atoms with van der Waals surface area (Å²) in [7, 11) is 0. The molecule has 0 aliphatic carbocycles. The molecule has 2 aromatic rings. The number of hydrogen-bond donors (Lipinski definition) is 2. The molecule has 0 saturated carbocycles. The number of hydrogen-bond acceptors (Lipinski definition) is 5. The van der Waals surface area contributed by atoms with Crippen LogP contribution in [0.3, 0.4) is 0 Å². The van der Waals surface area contributed by atoms with Gasteiger partial charge in [0.2, 0.25) is 5.82 Å². The molecule has 21 heavy (non-hydrogen) atoms. The molecule has 0 saturated heterocycles. The normalized spacial score (nSPS) is 11.2. The lowest BCUT2D eigenvalue weighted by molar-refractivity contribution is -0.384. The summed E-state index contributed by atoms with van der Waals surface area (Å²) in [6, 6.07) is 6.86. The summed E-state index contributed by atoms with van der Waals surface area (Å²) in [5.41, 5.74) is 3.64. The molecule has 1 aromatic carbocycles. The van der Waals surface area contributed by atoms with Crippen LogP contribution in [0.2, 0.25) is 0 Å². The summed E-state index contributed by atoms with van der Waals surface area (Å²) >= 11 is 0. The number of alkyl halides is 3. The van der Waals surface area contributed by atoms with Gasteiger partial charge in [-0.05, 0) is 18.2 Å². The van der Waals surface area contributed by atoms with Crippen molar-refractivity contribution >= 4 is 23.0 Å². The van der Waals surface area contributed by atoms with Crippen LogP contribution in [-0.4, -0.2) is 9.91 Å². The van der Waals surface area contributed by atoms with Crippen LogP contribution >= 0.6 is 0 Å². The van der Waals surface area contributed by atoms with Crippen molar-refractivity contribution in [1.82, 2.24) is 4.98 Å². The van der Waals surface area contributed by atoms with Crippen LogP contribution in [0.25, 0.3) is 0 Å². The zero-order valence-corrected chi connectivity index (χ0v) is 10.4. The van der Waals surface area contributed by atoms with E-state index in [0.717, 1.165) is 18.2 Å². The molecule has 0 aliphatic rings. The highest BCUT2D eigenvalue weighted by molar-refractivity contribution is 5.69. The molecular weight excluding hydrogens is 289 g/mol. The summed E-state index contributed by atoms with van der Waals surface area (Å²) in [5.74, 6) is -0.399. The Bertz CT molecular complexity index is 688. The van der Waals surface area contributed by atoms with Gasteiger partial charge in [0.25, 0.3) is 0 Å². The van der Waals surface area contributed by atoms with E-state index in [1.807, 2.05) is 0 Å². The molecule has 2 rings (SSSR count). The first-order chi connectivity index (χ1) is 9.79. The fraction of sp³-hybridized carbons (Fsp3) is 0.0833. The second-order valence-electron chi connectivity index (χ2n) is 4.03. The van der Waals surface area contributed by atoms with Gasteiger partial charge in [-0.1, -0.05) is 12.1 Å². The molecule has 1 aromatic heterocycles. The van der Waals surface area contributed by atoms with Crippen LogP contribution < -0.4 is 11.1 Å². The van der Waals surface area contributed by atoms with Gasteiger partial charge in [0, 0.05) is 6.07 Å². The summed E-state index contributed by atoms with van der Waals surface area (Å²) < 4.78 is 38.6. The molecule has 0 unspecified atom stereocenters. The number of nitro groups is 1. The number of nitrogen functional groups attached to an aromatic ring is 1. The lowest BCUT2D eigenvalue weighted by Crippen LogP contribution is -2.10. The number of pyridine rings is 1. The molecule has 0 radical (unpaired) electrons. The molecule has 0 bridgehead atoms. The minimum absolute atomic E-state index is 0.0485. The van der Waals surface area contributed by atoms with E-state index >= 15 is 0 Å². The zero-order valence-electron chi connectivity index (χ0n) is 10.4. The molecule has 0 fully saturated rings. The maximum Gasteiger partial charge on any atom is 0.418 e. The van der Waals surface area contributed by atoms with Gasteiger partial charge in [-0.3, -0.25) is 10.1 Å². The average molecular weight is 298 g/mol. The predicted octanol–water partition coefficient (Wildman–Crippen LogP) is 3.33. The quantitative estimate of drug-likeness (QED) is 0.669. The molecule has 0 spiro atoms. The van der Waals surface area contributed by atoms with E-state index in [1.165, 1.54) is 18.2 Å². The van der Waals surface area contributed by atoms with Crippen molar-refractivity contribution in [3.63, 3.8) is 0 Å². The number of halogens is 3. The number of nitrogens with two attached hydrogens (primary N) is 1. The highest BCUT2D eigenvalue weighted by atomic mass is 19.4. The third kappa shape index (κ3) is 3.19. The van der Waals surface area contributed by atoms with Gasteiger partial charge in [0.15, 0.2) is 0 Å². The Morgan fingerprint density at radius 1 is 1.19 bits per heavy atom. The van der Waals surface area contributed by atoms with Crippen molar-refractivity contribution < 1.29 is 18.1 Å². The first kappa shape index (κ1) is 14.6. The van der Waals surface area contributed by atoms with Gasteiger partial charge >= 0.3 is 11.9 Å². The zero-order chi connectivity index (χ0) is 15.6. The molecule has 6 nitrogen and oxygen atoms in total. The van der Waals surface area contributed by atoms with Crippen molar-refractivity contribution in [2.45, 2.75) is 6.18 Å². The molecule has 1 heterocycles. The first-order valence-corrected chi connectivity index (χ1v) is 5.63. The van der Waals surface area contributed by atoms with Crippen LogP contribution in [0.4, 0.5) is 36.2 Å². The molecule has 110 valence electrons. The number of nitrogens with one attached hydrogen (secondary N) is 1. The second kappa shape index (κ2) is 5.27. The third-order valence-electron chi connectivity index (χ3n) is 2.58. The van der Waals surface area contributed by atoms with Crippen molar-refractivity contribution in [3.8, 4) is 0 Å². The lowest BCUT2D eigenvalue weighted by atomic mass is 10.1. The number of benzene rings is 1. The highest BCUT2D eigenvalue weighted by Crippen LogP contribution is 2.37. The summed E-state index contributed by atoms with van der Waals surface area (Å²) in [6.07, 6.45) is -4.60. The average Bonchev–Trinajstić information content (AvgIpc) is 2.37. The second-order valence-corrected chi connectivity index (χ2v) is 4.03. The lowest BCUT2D eigenvalue weighted by Gasteiger charge is -2.14. The van der Waals surface area contributed by atoms with E-state index in [4.69, 9.17) is 5.73 Å². The number of anilines is 3. The minimum Gasteiger partial charge on any atom is -0.384 e. The smallest absolute Gasteiger partial charge is 0.384 e. The Balaban J connectivity index is 2.49. The van der Waals surface area contributed by atoms with E-state index in [-0.39, 0.29) is 17.3 Å². The Morgan fingerprint density at radius 3 is 2.48 bits per heavy atom. The molecule has 0 atom stereocenters. The van der Waals surface area contributed by atoms with Crippen molar-refractivity contribution in [1.29, 1.82) is 0 Å². The Kier molecular flexibility index (Phi) is 3.66. The Labute approximate surface area is 116 Å². The van der Waals surface area contributed by atoms with E-state index in [1.54, 1.807) is 0 Å². The third-order valence-corrected chi connectivity index (χ3v) is 2.58. The standard InChI is InChI=1S/C12H9F3N4O2/c13-12(14,15)7-3-1-2-4-8(7)17-11-9(19(20)21)5-6-10(16)18-11/h1-6H,(H3,16,17,18). The van der Waals surface area contributed by atoms with E-state index in [9.17, 15) is 23.3 Å². The maximum atomic E-state index is 12.9. The van der Waals surface area contributed by atoms with Crippen molar-refractivity contribution in [3.05, 3.63) is 52.1 Å². The number of aromatic nitrogens is 1.